The van der Waals surface area contributed by atoms with Crippen molar-refractivity contribution in [2.24, 2.45) is 0 Å². The van der Waals surface area contributed by atoms with Gasteiger partial charge in [-0.05, 0) is 18.4 Å². The van der Waals surface area contributed by atoms with Crippen molar-refractivity contribution in [2.75, 3.05) is 0 Å². The molecule has 2 nitrogen and oxygen atoms in total. The van der Waals surface area contributed by atoms with E-state index in [0.717, 1.165) is 31.2 Å². The number of benzene rings is 1. The molecule has 2 rings (SSSR count). The molecule has 1 unspecified atom stereocenters. The fourth-order valence-corrected chi connectivity index (χ4v) is 2.52. The summed E-state index contributed by atoms with van der Waals surface area (Å²) in [6.45, 7) is 0. The molecule has 0 radical (unpaired) electrons. The van der Waals surface area contributed by atoms with Gasteiger partial charge in [0.2, 0.25) is 0 Å². The van der Waals surface area contributed by atoms with E-state index in [4.69, 9.17) is 0 Å². The third kappa shape index (κ3) is 2.63. The molecule has 1 aliphatic carbocycles. The first-order valence-electron chi connectivity index (χ1n) is 6.15. The lowest BCUT2D eigenvalue weighted by Crippen LogP contribution is -2.45. The van der Waals surface area contributed by atoms with Crippen molar-refractivity contribution in [3.8, 4) is 0 Å². The number of aliphatic hydroxyl groups is 2. The van der Waals surface area contributed by atoms with Crippen LogP contribution in [0.4, 0.5) is 0 Å². The first-order chi connectivity index (χ1) is 7.71. The lowest BCUT2D eigenvalue weighted by atomic mass is 9.79. The Kier molecular flexibility index (Phi) is 3.62. The predicted octanol–water partition coefficient (Wildman–Crippen LogP) is 2.29. The summed E-state index contributed by atoms with van der Waals surface area (Å²) in [5.41, 5.74) is 0.239. The van der Waals surface area contributed by atoms with E-state index in [-0.39, 0.29) is 0 Å². The molecule has 16 heavy (non-hydrogen) atoms. The van der Waals surface area contributed by atoms with Crippen molar-refractivity contribution in [1.82, 2.24) is 0 Å². The summed E-state index contributed by atoms with van der Waals surface area (Å²) in [6, 6.07) is 9.88. The highest BCUT2D eigenvalue weighted by molar-refractivity contribution is 5.16. The summed E-state index contributed by atoms with van der Waals surface area (Å²) in [6.07, 6.45) is 4.64. The van der Waals surface area contributed by atoms with E-state index in [2.05, 4.69) is 0 Å². The van der Waals surface area contributed by atoms with Crippen LogP contribution in [0.5, 0.6) is 0 Å². The first-order valence-corrected chi connectivity index (χ1v) is 6.15. The topological polar surface area (TPSA) is 40.5 Å². The Labute approximate surface area is 96.9 Å². The largest absolute Gasteiger partial charge is 0.390 e. The molecule has 0 saturated heterocycles. The molecule has 0 amide bonds. The smallest absolute Gasteiger partial charge is 0.0908 e. The summed E-state index contributed by atoms with van der Waals surface area (Å²) < 4.78 is 0. The van der Waals surface area contributed by atoms with Crippen molar-refractivity contribution in [1.29, 1.82) is 0 Å². The Morgan fingerprint density at radius 1 is 1.06 bits per heavy atom. The molecular formula is C14H20O2. The third-order valence-electron chi connectivity index (χ3n) is 3.61. The van der Waals surface area contributed by atoms with Crippen molar-refractivity contribution in [2.45, 2.75) is 50.2 Å². The summed E-state index contributed by atoms with van der Waals surface area (Å²) in [4.78, 5) is 0. The van der Waals surface area contributed by atoms with Crippen LogP contribution in [0.1, 0.15) is 37.7 Å². The molecule has 0 heterocycles. The van der Waals surface area contributed by atoms with Crippen molar-refractivity contribution in [3.05, 3.63) is 35.9 Å². The van der Waals surface area contributed by atoms with Gasteiger partial charge in [-0.15, -0.1) is 0 Å². The minimum absolute atomic E-state index is 0.553. The molecule has 88 valence electrons. The van der Waals surface area contributed by atoms with Gasteiger partial charge in [0.1, 0.15) is 0 Å². The highest BCUT2D eigenvalue weighted by atomic mass is 16.3. The van der Waals surface area contributed by atoms with Crippen LogP contribution in [0, 0.1) is 0 Å². The number of hydrogen-bond acceptors (Lipinski definition) is 2. The fraction of sp³-hybridized carbons (Fsp3) is 0.571. The second kappa shape index (κ2) is 4.98. The van der Waals surface area contributed by atoms with Crippen LogP contribution in [0.3, 0.4) is 0 Å². The summed E-state index contributed by atoms with van der Waals surface area (Å²) in [5, 5.41) is 20.5. The van der Waals surface area contributed by atoms with E-state index in [1.165, 1.54) is 6.42 Å². The van der Waals surface area contributed by atoms with Gasteiger partial charge in [0.15, 0.2) is 0 Å². The van der Waals surface area contributed by atoms with Crippen LogP contribution in [-0.4, -0.2) is 21.9 Å². The lowest BCUT2D eigenvalue weighted by molar-refractivity contribution is -0.0960. The van der Waals surface area contributed by atoms with Crippen LogP contribution in [0.2, 0.25) is 0 Å². The highest BCUT2D eigenvalue weighted by Gasteiger charge is 2.36. The van der Waals surface area contributed by atoms with Gasteiger partial charge in [0.25, 0.3) is 0 Å². The average molecular weight is 220 g/mol. The number of rotatable bonds is 3. The lowest BCUT2D eigenvalue weighted by Gasteiger charge is -2.36. The molecule has 0 spiro atoms. The van der Waals surface area contributed by atoms with Crippen molar-refractivity contribution < 1.29 is 10.2 Å². The maximum atomic E-state index is 10.4. The van der Waals surface area contributed by atoms with E-state index in [1.54, 1.807) is 0 Å². The van der Waals surface area contributed by atoms with Gasteiger partial charge in [-0.3, -0.25) is 0 Å². The molecular weight excluding hydrogens is 200 g/mol. The molecule has 2 heteroatoms. The monoisotopic (exact) mass is 220 g/mol. The minimum Gasteiger partial charge on any atom is -0.390 e. The quantitative estimate of drug-likeness (QED) is 0.820. The highest BCUT2D eigenvalue weighted by Crippen LogP contribution is 2.32. The van der Waals surface area contributed by atoms with E-state index in [9.17, 15) is 10.2 Å². The van der Waals surface area contributed by atoms with Crippen LogP contribution in [-0.2, 0) is 6.42 Å². The number of aliphatic hydroxyl groups excluding tert-OH is 1. The summed E-state index contributed by atoms with van der Waals surface area (Å²) in [5.74, 6) is 0. The maximum absolute atomic E-state index is 10.4. The molecule has 1 aromatic rings. The second-order valence-electron chi connectivity index (χ2n) is 4.87. The van der Waals surface area contributed by atoms with Crippen LogP contribution in [0.25, 0.3) is 0 Å². The summed E-state index contributed by atoms with van der Waals surface area (Å²) in [7, 11) is 0. The molecule has 2 N–H and O–H groups in total. The van der Waals surface area contributed by atoms with Gasteiger partial charge in [-0.2, -0.15) is 0 Å². The molecule has 0 aromatic heterocycles. The van der Waals surface area contributed by atoms with E-state index in [1.807, 2.05) is 30.3 Å². The Bertz CT molecular complexity index is 315. The van der Waals surface area contributed by atoms with Crippen LogP contribution < -0.4 is 0 Å². The van der Waals surface area contributed by atoms with Gasteiger partial charge in [-0.1, -0.05) is 49.6 Å². The van der Waals surface area contributed by atoms with Crippen molar-refractivity contribution in [3.63, 3.8) is 0 Å². The fourth-order valence-electron chi connectivity index (χ4n) is 2.52. The van der Waals surface area contributed by atoms with Gasteiger partial charge in [0, 0.05) is 6.42 Å². The molecule has 0 bridgehead atoms. The molecule has 1 aliphatic rings. The van der Waals surface area contributed by atoms with Crippen molar-refractivity contribution >= 4 is 0 Å². The standard InChI is InChI=1S/C14H20O2/c15-13(11-12-7-3-1-4-8-12)14(16)9-5-2-6-10-14/h1,3-4,7-8,13,15-16H,2,5-6,9-11H2. The first kappa shape index (κ1) is 11.6. The molecule has 1 atom stereocenters. The zero-order valence-electron chi connectivity index (χ0n) is 9.60. The minimum atomic E-state index is -0.853. The maximum Gasteiger partial charge on any atom is 0.0908 e. The predicted molar refractivity (Wildman–Crippen MR) is 64.2 cm³/mol. The second-order valence-corrected chi connectivity index (χ2v) is 4.87. The molecule has 1 fully saturated rings. The van der Waals surface area contributed by atoms with Crippen LogP contribution in [0.15, 0.2) is 30.3 Å². The van der Waals surface area contributed by atoms with Crippen LogP contribution >= 0.6 is 0 Å². The Morgan fingerprint density at radius 2 is 1.69 bits per heavy atom. The Hall–Kier alpha value is -0.860. The number of hydrogen-bond donors (Lipinski definition) is 2. The Balaban J connectivity index is 1.99. The summed E-state index contributed by atoms with van der Waals surface area (Å²) >= 11 is 0. The van der Waals surface area contributed by atoms with Gasteiger partial charge < -0.3 is 10.2 Å². The zero-order chi connectivity index (χ0) is 11.4. The molecule has 1 aromatic carbocycles. The van der Waals surface area contributed by atoms with Gasteiger partial charge in [0.05, 0.1) is 11.7 Å². The normalized spacial score (nSPS) is 21.6. The van der Waals surface area contributed by atoms with Gasteiger partial charge >= 0.3 is 0 Å². The molecule has 1 saturated carbocycles. The zero-order valence-corrected chi connectivity index (χ0v) is 9.60. The van der Waals surface area contributed by atoms with Gasteiger partial charge in [-0.25, -0.2) is 0 Å². The SMILES string of the molecule is OC(Cc1ccccc1)C1(O)CCCCC1. The van der Waals surface area contributed by atoms with E-state index < -0.39 is 11.7 Å². The Morgan fingerprint density at radius 3 is 2.31 bits per heavy atom. The average Bonchev–Trinajstić information content (AvgIpc) is 2.31. The van der Waals surface area contributed by atoms with E-state index in [0.29, 0.717) is 6.42 Å². The third-order valence-corrected chi connectivity index (χ3v) is 3.61. The van der Waals surface area contributed by atoms with E-state index >= 15 is 0 Å². The molecule has 0 aliphatic heterocycles.